The molecule has 2 N–H and O–H groups in total. The van der Waals surface area contributed by atoms with Crippen molar-refractivity contribution < 1.29 is 14.6 Å². The van der Waals surface area contributed by atoms with Crippen LogP contribution in [0.15, 0.2) is 18.2 Å². The number of aryl methyl sites for hydroxylation is 1. The normalized spacial score (nSPS) is 11.5. The molecule has 0 aliphatic heterocycles. The van der Waals surface area contributed by atoms with Crippen LogP contribution in [0.2, 0.25) is 0 Å². The molecule has 19 heavy (non-hydrogen) atoms. The molecule has 102 valence electrons. The molecule has 0 bridgehead atoms. The minimum Gasteiger partial charge on any atom is -0.483 e. The number of rotatable bonds is 6. The van der Waals surface area contributed by atoms with Gasteiger partial charge in [-0.05, 0) is 25.5 Å². The van der Waals surface area contributed by atoms with Gasteiger partial charge in [0.1, 0.15) is 5.75 Å². The molecule has 0 aliphatic rings. The van der Waals surface area contributed by atoms with Crippen molar-refractivity contribution in [3.8, 4) is 11.8 Å². The maximum atomic E-state index is 11.4. The van der Waals surface area contributed by atoms with Gasteiger partial charge in [-0.25, -0.2) is 0 Å². The van der Waals surface area contributed by atoms with E-state index >= 15 is 0 Å². The number of carbonyl (C=O) groups excluding carboxylic acids is 1. The molecule has 1 amide bonds. The molecular weight excluding hydrogens is 244 g/mol. The van der Waals surface area contributed by atoms with Crippen molar-refractivity contribution in [2.75, 3.05) is 13.2 Å². The highest BCUT2D eigenvalue weighted by atomic mass is 16.5. The van der Waals surface area contributed by atoms with Crippen molar-refractivity contribution in [1.82, 2.24) is 5.32 Å². The van der Waals surface area contributed by atoms with Crippen molar-refractivity contribution in [2.24, 2.45) is 0 Å². The van der Waals surface area contributed by atoms with Gasteiger partial charge >= 0.3 is 0 Å². The minimum atomic E-state index is -0.655. The quantitative estimate of drug-likeness (QED) is 0.760. The summed E-state index contributed by atoms with van der Waals surface area (Å²) in [5, 5.41) is 20.5. The van der Waals surface area contributed by atoms with E-state index in [1.807, 2.05) is 19.1 Å². The number of benzene rings is 1. The van der Waals surface area contributed by atoms with E-state index in [0.29, 0.717) is 17.9 Å². The number of aliphatic hydroxyl groups excluding tert-OH is 1. The summed E-state index contributed by atoms with van der Waals surface area (Å²) in [6.07, 6.45) is -0.382. The van der Waals surface area contributed by atoms with Gasteiger partial charge < -0.3 is 15.2 Å². The molecule has 0 unspecified atom stereocenters. The molecule has 5 nitrogen and oxygen atoms in total. The van der Waals surface area contributed by atoms with Gasteiger partial charge in [0.2, 0.25) is 0 Å². The van der Waals surface area contributed by atoms with Crippen LogP contribution >= 0.6 is 0 Å². The molecule has 1 rings (SSSR count). The number of aliphatic hydroxyl groups is 1. The van der Waals surface area contributed by atoms with Crippen LogP contribution in [0.25, 0.3) is 0 Å². The first-order valence-corrected chi connectivity index (χ1v) is 6.09. The van der Waals surface area contributed by atoms with E-state index in [2.05, 4.69) is 5.32 Å². The van der Waals surface area contributed by atoms with Crippen LogP contribution in [0.4, 0.5) is 0 Å². The lowest BCUT2D eigenvalue weighted by Crippen LogP contribution is -2.29. The molecule has 0 saturated heterocycles. The Morgan fingerprint density at radius 2 is 2.32 bits per heavy atom. The Kier molecular flexibility index (Phi) is 5.83. The molecule has 5 heteroatoms. The van der Waals surface area contributed by atoms with Crippen LogP contribution in [0.1, 0.15) is 30.6 Å². The number of ether oxygens (including phenoxy) is 1. The first kappa shape index (κ1) is 15.0. The predicted molar refractivity (Wildman–Crippen MR) is 70.5 cm³/mol. The van der Waals surface area contributed by atoms with Gasteiger partial charge in [0.05, 0.1) is 18.6 Å². The number of nitrogens with zero attached hydrogens (tertiary/aromatic N) is 1. The zero-order valence-electron chi connectivity index (χ0n) is 11.1. The standard InChI is InChI=1S/C14H18N2O3/c1-10-4-5-12(11(2)17)13(8-10)19-9-14(18)16-7-3-6-15/h4-5,8,11,17H,3,7,9H2,1-2H3,(H,16,18)/t11-/m0/s1. The van der Waals surface area contributed by atoms with Crippen molar-refractivity contribution in [3.05, 3.63) is 29.3 Å². The highest BCUT2D eigenvalue weighted by molar-refractivity contribution is 5.77. The number of nitriles is 1. The largest absolute Gasteiger partial charge is 0.483 e. The van der Waals surface area contributed by atoms with Crippen LogP contribution in [0.5, 0.6) is 5.75 Å². The summed E-state index contributed by atoms with van der Waals surface area (Å²) in [5.41, 5.74) is 1.64. The van der Waals surface area contributed by atoms with Crippen LogP contribution in [-0.2, 0) is 4.79 Å². The van der Waals surface area contributed by atoms with E-state index in [0.717, 1.165) is 5.56 Å². The number of nitrogens with one attached hydrogen (secondary N) is 1. The van der Waals surface area contributed by atoms with Gasteiger partial charge in [-0.3, -0.25) is 4.79 Å². The smallest absolute Gasteiger partial charge is 0.257 e. The Hall–Kier alpha value is -2.06. The first-order valence-electron chi connectivity index (χ1n) is 6.09. The molecule has 0 aliphatic carbocycles. The molecule has 0 aromatic heterocycles. The summed E-state index contributed by atoms with van der Waals surface area (Å²) in [4.78, 5) is 11.4. The second-order valence-corrected chi connectivity index (χ2v) is 4.26. The SMILES string of the molecule is Cc1ccc([C@H](C)O)c(OCC(=O)NCCC#N)c1. The fourth-order valence-electron chi connectivity index (χ4n) is 1.56. The Morgan fingerprint density at radius 1 is 1.58 bits per heavy atom. The Labute approximate surface area is 112 Å². The van der Waals surface area contributed by atoms with Crippen LogP contribution in [-0.4, -0.2) is 24.2 Å². The Bertz CT molecular complexity index is 478. The monoisotopic (exact) mass is 262 g/mol. The molecule has 0 heterocycles. The fourth-order valence-corrected chi connectivity index (χ4v) is 1.56. The summed E-state index contributed by atoms with van der Waals surface area (Å²) in [7, 11) is 0. The second kappa shape index (κ2) is 7.39. The molecule has 1 aromatic carbocycles. The maximum Gasteiger partial charge on any atom is 0.257 e. The lowest BCUT2D eigenvalue weighted by atomic mass is 10.1. The zero-order chi connectivity index (χ0) is 14.3. The lowest BCUT2D eigenvalue weighted by molar-refractivity contribution is -0.123. The van der Waals surface area contributed by atoms with E-state index in [9.17, 15) is 9.90 Å². The zero-order valence-corrected chi connectivity index (χ0v) is 11.1. The molecular formula is C14H18N2O3. The van der Waals surface area contributed by atoms with E-state index in [4.69, 9.17) is 10.00 Å². The highest BCUT2D eigenvalue weighted by Crippen LogP contribution is 2.26. The minimum absolute atomic E-state index is 0.130. The van der Waals surface area contributed by atoms with E-state index in [1.54, 1.807) is 19.1 Å². The van der Waals surface area contributed by atoms with Crippen molar-refractivity contribution in [3.63, 3.8) is 0 Å². The van der Waals surface area contributed by atoms with Crippen molar-refractivity contribution in [2.45, 2.75) is 26.4 Å². The van der Waals surface area contributed by atoms with Gasteiger partial charge in [-0.2, -0.15) is 5.26 Å². The fraction of sp³-hybridized carbons (Fsp3) is 0.429. The summed E-state index contributed by atoms with van der Waals surface area (Å²) in [6.45, 7) is 3.74. The molecule has 0 spiro atoms. The van der Waals surface area contributed by atoms with Crippen LogP contribution in [0.3, 0.4) is 0 Å². The third-order valence-corrected chi connectivity index (χ3v) is 2.54. The van der Waals surface area contributed by atoms with Gasteiger partial charge in [0, 0.05) is 12.1 Å². The number of hydrogen-bond donors (Lipinski definition) is 2. The van der Waals surface area contributed by atoms with Gasteiger partial charge in [0.15, 0.2) is 6.61 Å². The number of carbonyl (C=O) groups is 1. The molecule has 1 aromatic rings. The van der Waals surface area contributed by atoms with Gasteiger partial charge in [-0.1, -0.05) is 12.1 Å². The Morgan fingerprint density at radius 3 is 2.95 bits per heavy atom. The third-order valence-electron chi connectivity index (χ3n) is 2.54. The second-order valence-electron chi connectivity index (χ2n) is 4.26. The lowest BCUT2D eigenvalue weighted by Gasteiger charge is -2.14. The summed E-state index contributed by atoms with van der Waals surface area (Å²) >= 11 is 0. The van der Waals surface area contributed by atoms with E-state index in [1.165, 1.54) is 0 Å². The average molecular weight is 262 g/mol. The number of amides is 1. The van der Waals surface area contributed by atoms with Crippen LogP contribution < -0.4 is 10.1 Å². The van der Waals surface area contributed by atoms with Gasteiger partial charge in [0.25, 0.3) is 5.91 Å². The summed E-state index contributed by atoms with van der Waals surface area (Å²) < 4.78 is 5.42. The molecule has 1 atom stereocenters. The van der Waals surface area contributed by atoms with Crippen molar-refractivity contribution in [1.29, 1.82) is 5.26 Å². The van der Waals surface area contributed by atoms with Gasteiger partial charge in [-0.15, -0.1) is 0 Å². The van der Waals surface area contributed by atoms with Crippen LogP contribution in [0, 0.1) is 18.3 Å². The first-order chi connectivity index (χ1) is 9.04. The molecule has 0 fully saturated rings. The van der Waals surface area contributed by atoms with Crippen molar-refractivity contribution >= 4 is 5.91 Å². The predicted octanol–water partition coefficient (Wildman–Crippen LogP) is 1.46. The van der Waals surface area contributed by atoms with E-state index < -0.39 is 6.10 Å². The highest BCUT2D eigenvalue weighted by Gasteiger charge is 2.11. The topological polar surface area (TPSA) is 82.3 Å². The van der Waals surface area contributed by atoms with E-state index in [-0.39, 0.29) is 18.9 Å². The number of hydrogen-bond acceptors (Lipinski definition) is 4. The molecule has 0 radical (unpaired) electrons. The molecule has 0 saturated carbocycles. The average Bonchev–Trinajstić information content (AvgIpc) is 2.36. The summed E-state index contributed by atoms with van der Waals surface area (Å²) in [6, 6.07) is 7.38. The Balaban J connectivity index is 2.59. The third kappa shape index (κ3) is 4.98. The summed E-state index contributed by atoms with van der Waals surface area (Å²) in [5.74, 6) is 0.221. The maximum absolute atomic E-state index is 11.4.